The van der Waals surface area contributed by atoms with Gasteiger partial charge in [-0.15, -0.1) is 0 Å². The van der Waals surface area contributed by atoms with Gasteiger partial charge < -0.3 is 20.3 Å². The Bertz CT molecular complexity index is 1200. The number of carbonyl (C=O) groups excluding carboxylic acids is 1. The molecule has 188 valence electrons. The first-order valence-corrected chi connectivity index (χ1v) is 12.7. The van der Waals surface area contributed by atoms with E-state index in [-0.39, 0.29) is 5.91 Å². The second kappa shape index (κ2) is 10.5. The molecule has 1 fully saturated rings. The monoisotopic (exact) mass is 486 g/mol. The fourth-order valence-electron chi connectivity index (χ4n) is 5.08. The molecule has 1 aromatic heterocycles. The first-order valence-electron chi connectivity index (χ1n) is 12.7. The van der Waals surface area contributed by atoms with Gasteiger partial charge in [-0.25, -0.2) is 9.97 Å². The number of nitrogens with zero attached hydrogens (tertiary/aromatic N) is 4. The zero-order valence-electron chi connectivity index (χ0n) is 21.3. The molecule has 0 bridgehead atoms. The van der Waals surface area contributed by atoms with Gasteiger partial charge in [0.05, 0.1) is 12.8 Å². The smallest absolute Gasteiger partial charge is 0.253 e. The van der Waals surface area contributed by atoms with E-state index in [0.29, 0.717) is 12.0 Å². The highest BCUT2D eigenvalue weighted by molar-refractivity contribution is 5.94. The lowest BCUT2D eigenvalue weighted by Gasteiger charge is -2.36. The molecule has 1 amide bonds. The Morgan fingerprint density at radius 2 is 1.86 bits per heavy atom. The summed E-state index contributed by atoms with van der Waals surface area (Å²) in [6.07, 6.45) is 4.81. The molecule has 0 atom stereocenters. The first kappa shape index (κ1) is 24.1. The zero-order chi connectivity index (χ0) is 25.1. The van der Waals surface area contributed by atoms with Gasteiger partial charge in [0.2, 0.25) is 5.95 Å². The van der Waals surface area contributed by atoms with Crippen molar-refractivity contribution in [3.63, 3.8) is 0 Å². The number of anilines is 3. The maximum absolute atomic E-state index is 12.9. The van der Waals surface area contributed by atoms with Crippen molar-refractivity contribution in [3.05, 3.63) is 71.0 Å². The first-order chi connectivity index (χ1) is 17.6. The highest BCUT2D eigenvalue weighted by Gasteiger charge is 2.31. The zero-order valence-corrected chi connectivity index (χ0v) is 21.3. The van der Waals surface area contributed by atoms with E-state index in [1.54, 1.807) is 7.11 Å². The molecule has 0 spiro atoms. The van der Waals surface area contributed by atoms with Crippen molar-refractivity contribution >= 4 is 23.2 Å². The largest absolute Gasteiger partial charge is 0.497 e. The number of likely N-dealkylation sites (tertiary alicyclic amines) is 1. The lowest BCUT2D eigenvalue weighted by atomic mass is 10.0. The number of aryl methyl sites for hydroxylation is 1. The summed E-state index contributed by atoms with van der Waals surface area (Å²) in [5.41, 5.74) is 6.15. The van der Waals surface area contributed by atoms with Gasteiger partial charge in [-0.2, -0.15) is 0 Å². The van der Waals surface area contributed by atoms with Gasteiger partial charge >= 0.3 is 0 Å². The van der Waals surface area contributed by atoms with Crippen LogP contribution in [0.25, 0.3) is 0 Å². The summed E-state index contributed by atoms with van der Waals surface area (Å²) in [7, 11) is 3.56. The van der Waals surface area contributed by atoms with Crippen molar-refractivity contribution in [2.24, 2.45) is 0 Å². The molecule has 0 radical (unpaired) electrons. The number of fused-ring (bicyclic) bond motifs is 1. The molecule has 2 aliphatic rings. The lowest BCUT2D eigenvalue weighted by Crippen LogP contribution is -2.45. The third kappa shape index (κ3) is 5.14. The highest BCUT2D eigenvalue weighted by atomic mass is 16.5. The van der Waals surface area contributed by atoms with Crippen molar-refractivity contribution in [2.75, 3.05) is 37.9 Å². The van der Waals surface area contributed by atoms with E-state index in [9.17, 15) is 4.79 Å². The maximum atomic E-state index is 12.9. The number of carbonyl (C=O) groups is 1. The van der Waals surface area contributed by atoms with E-state index in [1.165, 1.54) is 11.1 Å². The number of piperidine rings is 1. The number of nitrogens with one attached hydrogen (secondary N) is 2. The van der Waals surface area contributed by atoms with Gasteiger partial charge in [-0.05, 0) is 61.2 Å². The van der Waals surface area contributed by atoms with Gasteiger partial charge in [0, 0.05) is 74.0 Å². The molecule has 5 rings (SSSR count). The predicted molar refractivity (Wildman–Crippen MR) is 142 cm³/mol. The summed E-state index contributed by atoms with van der Waals surface area (Å²) in [6.45, 7) is 5.35. The maximum Gasteiger partial charge on any atom is 0.253 e. The second-order valence-electron chi connectivity index (χ2n) is 9.47. The Morgan fingerprint density at radius 1 is 1.08 bits per heavy atom. The minimum absolute atomic E-state index is 0.117. The van der Waals surface area contributed by atoms with Crippen molar-refractivity contribution in [1.29, 1.82) is 0 Å². The van der Waals surface area contributed by atoms with Crippen LogP contribution in [0.4, 0.5) is 17.3 Å². The van der Waals surface area contributed by atoms with Crippen LogP contribution in [0.3, 0.4) is 0 Å². The Balaban J connectivity index is 1.18. The number of amides is 1. The standard InChI is InChI=1S/C28H34N6O2/c1-4-19-13-23(15-25(14-19)36-3)31-28-30-16-21-17-34(18-26(21)32-28)24-9-11-33(12-10-24)27(35)20-5-7-22(29-2)8-6-20/h5-8,13-16,24,29H,4,9-12,17-18H2,1-3H3,(H,30,31,32). The van der Waals surface area contributed by atoms with Gasteiger partial charge in [0.25, 0.3) is 5.91 Å². The van der Waals surface area contributed by atoms with E-state index in [0.717, 1.165) is 73.8 Å². The Kier molecular flexibility index (Phi) is 7.04. The molecule has 36 heavy (non-hydrogen) atoms. The van der Waals surface area contributed by atoms with Crippen LogP contribution in [0.2, 0.25) is 0 Å². The van der Waals surface area contributed by atoms with Crippen molar-refractivity contribution < 1.29 is 9.53 Å². The molecular formula is C28H34N6O2. The molecule has 1 saturated heterocycles. The molecule has 3 aromatic rings. The van der Waals surface area contributed by atoms with Crippen LogP contribution in [0, 0.1) is 0 Å². The van der Waals surface area contributed by atoms with E-state index in [2.05, 4.69) is 33.5 Å². The van der Waals surface area contributed by atoms with Crippen molar-refractivity contribution in [2.45, 2.75) is 45.3 Å². The summed E-state index contributed by atoms with van der Waals surface area (Å²) in [5.74, 6) is 1.55. The fourth-order valence-corrected chi connectivity index (χ4v) is 5.08. The SMILES string of the molecule is CCc1cc(Nc2ncc3c(n2)CN(C2CCN(C(=O)c4ccc(NC)cc4)CC2)C3)cc(OC)c1. The quantitative estimate of drug-likeness (QED) is 0.510. The van der Waals surface area contributed by atoms with Gasteiger partial charge in [-0.1, -0.05) is 6.92 Å². The van der Waals surface area contributed by atoms with E-state index in [1.807, 2.05) is 54.5 Å². The van der Waals surface area contributed by atoms with Crippen LogP contribution < -0.4 is 15.4 Å². The normalized spacial score (nSPS) is 16.0. The average Bonchev–Trinajstić information content (AvgIpc) is 3.36. The second-order valence-corrected chi connectivity index (χ2v) is 9.47. The van der Waals surface area contributed by atoms with Crippen molar-refractivity contribution in [3.8, 4) is 5.75 Å². The molecule has 8 nitrogen and oxygen atoms in total. The molecule has 2 N–H and O–H groups in total. The number of benzene rings is 2. The molecule has 3 heterocycles. The van der Waals surface area contributed by atoms with Gasteiger partial charge in [0.1, 0.15) is 5.75 Å². The number of aromatic nitrogens is 2. The van der Waals surface area contributed by atoms with Crippen LogP contribution in [0.15, 0.2) is 48.7 Å². The molecule has 0 unspecified atom stereocenters. The molecule has 8 heteroatoms. The number of hydrogen-bond donors (Lipinski definition) is 2. The highest BCUT2D eigenvalue weighted by Crippen LogP contribution is 2.29. The minimum Gasteiger partial charge on any atom is -0.497 e. The number of methoxy groups -OCH3 is 1. The molecule has 0 aliphatic carbocycles. The molecule has 0 saturated carbocycles. The Morgan fingerprint density at radius 3 is 2.56 bits per heavy atom. The third-order valence-electron chi connectivity index (χ3n) is 7.24. The molecule has 2 aromatic carbocycles. The Hall–Kier alpha value is -3.65. The third-order valence-corrected chi connectivity index (χ3v) is 7.24. The topological polar surface area (TPSA) is 82.6 Å². The summed E-state index contributed by atoms with van der Waals surface area (Å²) < 4.78 is 5.43. The summed E-state index contributed by atoms with van der Waals surface area (Å²) in [5, 5.41) is 6.44. The Labute approximate surface area is 212 Å². The van der Waals surface area contributed by atoms with Crippen LogP contribution >= 0.6 is 0 Å². The van der Waals surface area contributed by atoms with Crippen molar-refractivity contribution in [1.82, 2.24) is 19.8 Å². The summed E-state index contributed by atoms with van der Waals surface area (Å²) in [4.78, 5) is 26.8. The van der Waals surface area contributed by atoms with Crippen LogP contribution in [0.5, 0.6) is 5.75 Å². The predicted octanol–water partition coefficient (Wildman–Crippen LogP) is 4.45. The molecule has 2 aliphatic heterocycles. The van der Waals surface area contributed by atoms with E-state index >= 15 is 0 Å². The average molecular weight is 487 g/mol. The van der Waals surface area contributed by atoms with Gasteiger partial charge in [-0.3, -0.25) is 9.69 Å². The number of ether oxygens (including phenoxy) is 1. The fraction of sp³-hybridized carbons (Fsp3) is 0.393. The summed E-state index contributed by atoms with van der Waals surface area (Å²) in [6, 6.07) is 14.3. The number of hydrogen-bond acceptors (Lipinski definition) is 7. The van der Waals surface area contributed by atoms with Crippen LogP contribution in [-0.2, 0) is 19.5 Å². The van der Waals surface area contributed by atoms with E-state index < -0.39 is 0 Å². The van der Waals surface area contributed by atoms with E-state index in [4.69, 9.17) is 9.72 Å². The number of rotatable bonds is 7. The molecular weight excluding hydrogens is 452 g/mol. The van der Waals surface area contributed by atoms with Crippen LogP contribution in [-0.4, -0.2) is 59.0 Å². The van der Waals surface area contributed by atoms with Gasteiger partial charge in [0.15, 0.2) is 0 Å². The van der Waals surface area contributed by atoms with Crippen LogP contribution in [0.1, 0.15) is 46.9 Å². The lowest BCUT2D eigenvalue weighted by molar-refractivity contribution is 0.0613. The minimum atomic E-state index is 0.117. The summed E-state index contributed by atoms with van der Waals surface area (Å²) >= 11 is 0.